The summed E-state index contributed by atoms with van der Waals surface area (Å²) in [4.78, 5) is 0. The Morgan fingerprint density at radius 2 is 1.94 bits per heavy atom. The fourth-order valence-corrected chi connectivity index (χ4v) is 2.50. The van der Waals surface area contributed by atoms with Crippen LogP contribution in [0.4, 0.5) is 0 Å². The lowest BCUT2D eigenvalue weighted by Crippen LogP contribution is -2.18. The van der Waals surface area contributed by atoms with Crippen molar-refractivity contribution in [3.05, 3.63) is 57.5 Å². The van der Waals surface area contributed by atoms with Crippen molar-refractivity contribution in [3.8, 4) is 0 Å². The first kappa shape index (κ1) is 12.4. The molecule has 0 bridgehead atoms. The maximum Gasteiger partial charge on any atom is 0.125 e. The molecule has 0 aliphatic rings. The Hall–Kier alpha value is -1.06. The molecule has 1 N–H and O–H groups in total. The number of hydrogen-bond acceptors (Lipinski definition) is 2. The summed E-state index contributed by atoms with van der Waals surface area (Å²) in [5, 5.41) is 3.30. The summed E-state index contributed by atoms with van der Waals surface area (Å²) in [5.41, 5.74) is 2.48. The number of halogens is 1. The number of aryl methyl sites for hydroxylation is 2. The molecular formula is C14H16BrNO. The molecule has 1 aromatic carbocycles. The van der Waals surface area contributed by atoms with E-state index < -0.39 is 0 Å². The zero-order chi connectivity index (χ0) is 12.4. The molecule has 2 rings (SSSR count). The minimum Gasteiger partial charge on any atom is -0.464 e. The average Bonchev–Trinajstić information content (AvgIpc) is 2.69. The van der Waals surface area contributed by atoms with Crippen LogP contribution in [-0.4, -0.2) is 7.05 Å². The van der Waals surface area contributed by atoms with E-state index in [-0.39, 0.29) is 6.04 Å². The van der Waals surface area contributed by atoms with E-state index >= 15 is 0 Å². The van der Waals surface area contributed by atoms with Gasteiger partial charge in [0, 0.05) is 4.47 Å². The number of benzene rings is 1. The normalized spacial score (nSPS) is 12.7. The fourth-order valence-electron chi connectivity index (χ4n) is 2.02. The highest BCUT2D eigenvalue weighted by Gasteiger charge is 2.17. The van der Waals surface area contributed by atoms with Gasteiger partial charge in [0.1, 0.15) is 11.5 Å². The first-order valence-corrected chi connectivity index (χ1v) is 6.40. The Balaban J connectivity index is 2.42. The third kappa shape index (κ3) is 2.61. The van der Waals surface area contributed by atoms with Gasteiger partial charge in [-0.3, -0.25) is 0 Å². The van der Waals surface area contributed by atoms with Crippen molar-refractivity contribution in [3.63, 3.8) is 0 Å². The molecule has 0 fully saturated rings. The van der Waals surface area contributed by atoms with Gasteiger partial charge in [0.25, 0.3) is 0 Å². The van der Waals surface area contributed by atoms with Crippen LogP contribution in [0.1, 0.15) is 28.7 Å². The van der Waals surface area contributed by atoms with Crippen LogP contribution < -0.4 is 5.32 Å². The summed E-state index contributed by atoms with van der Waals surface area (Å²) in [6.07, 6.45) is 0. The minimum atomic E-state index is 0.108. The maximum atomic E-state index is 5.70. The molecular weight excluding hydrogens is 278 g/mol. The molecule has 0 aliphatic carbocycles. The zero-order valence-electron chi connectivity index (χ0n) is 10.3. The van der Waals surface area contributed by atoms with Crippen molar-refractivity contribution in [2.24, 2.45) is 0 Å². The largest absolute Gasteiger partial charge is 0.464 e. The van der Waals surface area contributed by atoms with Crippen LogP contribution in [0.5, 0.6) is 0 Å². The molecule has 1 atom stereocenters. The lowest BCUT2D eigenvalue weighted by molar-refractivity contribution is 0.443. The quantitative estimate of drug-likeness (QED) is 0.926. The predicted molar refractivity (Wildman–Crippen MR) is 73.2 cm³/mol. The number of hydrogen-bond donors (Lipinski definition) is 1. The van der Waals surface area contributed by atoms with E-state index in [9.17, 15) is 0 Å². The Labute approximate surface area is 110 Å². The molecule has 1 heterocycles. The fraction of sp³-hybridized carbons (Fsp3) is 0.286. The summed E-state index contributed by atoms with van der Waals surface area (Å²) >= 11 is 3.48. The Bertz CT molecular complexity index is 519. The Morgan fingerprint density at radius 1 is 1.18 bits per heavy atom. The third-order valence-corrected chi connectivity index (χ3v) is 3.37. The van der Waals surface area contributed by atoms with Crippen molar-refractivity contribution < 1.29 is 4.42 Å². The summed E-state index contributed by atoms with van der Waals surface area (Å²) in [6, 6.07) is 10.4. The number of rotatable bonds is 3. The van der Waals surface area contributed by atoms with Crippen LogP contribution >= 0.6 is 15.9 Å². The van der Waals surface area contributed by atoms with Gasteiger partial charge in [0.05, 0.1) is 6.04 Å². The third-order valence-electron chi connectivity index (χ3n) is 2.88. The van der Waals surface area contributed by atoms with Gasteiger partial charge in [-0.05, 0) is 56.3 Å². The summed E-state index contributed by atoms with van der Waals surface area (Å²) < 4.78 is 6.80. The topological polar surface area (TPSA) is 25.2 Å². The lowest BCUT2D eigenvalue weighted by atomic mass is 10.00. The molecule has 0 saturated carbocycles. The second kappa shape index (κ2) is 5.07. The van der Waals surface area contributed by atoms with E-state index in [1.54, 1.807) is 0 Å². The SMILES string of the molecule is CNC(c1ccc(C)o1)c1ccc(Br)cc1C. The van der Waals surface area contributed by atoms with E-state index in [1.807, 2.05) is 26.1 Å². The highest BCUT2D eigenvalue weighted by molar-refractivity contribution is 9.10. The molecule has 2 nitrogen and oxygen atoms in total. The van der Waals surface area contributed by atoms with Crippen LogP contribution in [0, 0.1) is 13.8 Å². The van der Waals surface area contributed by atoms with Crippen LogP contribution in [0.15, 0.2) is 39.2 Å². The van der Waals surface area contributed by atoms with Gasteiger partial charge < -0.3 is 9.73 Å². The molecule has 1 unspecified atom stereocenters. The second-order valence-electron chi connectivity index (χ2n) is 4.17. The minimum absolute atomic E-state index is 0.108. The summed E-state index contributed by atoms with van der Waals surface area (Å²) in [5.74, 6) is 1.89. The molecule has 17 heavy (non-hydrogen) atoms. The van der Waals surface area contributed by atoms with E-state index in [0.29, 0.717) is 0 Å². The first-order chi connectivity index (χ1) is 8.11. The molecule has 2 aromatic rings. The summed E-state index contributed by atoms with van der Waals surface area (Å²) in [7, 11) is 1.95. The Kier molecular flexibility index (Phi) is 3.69. The molecule has 0 spiro atoms. The highest BCUT2D eigenvalue weighted by atomic mass is 79.9. The van der Waals surface area contributed by atoms with Gasteiger partial charge in [-0.15, -0.1) is 0 Å². The summed E-state index contributed by atoms with van der Waals surface area (Å²) in [6.45, 7) is 4.07. The second-order valence-corrected chi connectivity index (χ2v) is 5.09. The Morgan fingerprint density at radius 3 is 2.47 bits per heavy atom. The van der Waals surface area contributed by atoms with E-state index in [4.69, 9.17) is 4.42 Å². The van der Waals surface area contributed by atoms with Crippen LogP contribution in [-0.2, 0) is 0 Å². The highest BCUT2D eigenvalue weighted by Crippen LogP contribution is 2.27. The molecule has 90 valence electrons. The van der Waals surface area contributed by atoms with Crippen LogP contribution in [0.25, 0.3) is 0 Å². The molecule has 0 saturated heterocycles. The first-order valence-electron chi connectivity index (χ1n) is 5.61. The van der Waals surface area contributed by atoms with Gasteiger partial charge in [0.2, 0.25) is 0 Å². The maximum absolute atomic E-state index is 5.70. The van der Waals surface area contributed by atoms with Crippen LogP contribution in [0.2, 0.25) is 0 Å². The van der Waals surface area contributed by atoms with Gasteiger partial charge in [-0.25, -0.2) is 0 Å². The number of furan rings is 1. The van der Waals surface area contributed by atoms with Gasteiger partial charge in [-0.2, -0.15) is 0 Å². The predicted octanol–water partition coefficient (Wildman–Crippen LogP) is 3.97. The van der Waals surface area contributed by atoms with Gasteiger partial charge in [0.15, 0.2) is 0 Å². The van der Waals surface area contributed by atoms with Gasteiger partial charge >= 0.3 is 0 Å². The van der Waals surface area contributed by atoms with Crippen molar-refractivity contribution in [1.29, 1.82) is 0 Å². The standard InChI is InChI=1S/C14H16BrNO/c1-9-8-11(15)5-6-12(9)14(16-3)13-7-4-10(2)17-13/h4-8,14,16H,1-3H3. The van der Waals surface area contributed by atoms with Crippen LogP contribution in [0.3, 0.4) is 0 Å². The van der Waals surface area contributed by atoms with E-state index in [2.05, 4.69) is 46.4 Å². The molecule has 3 heteroatoms. The van der Waals surface area contributed by atoms with Crippen molar-refractivity contribution in [1.82, 2.24) is 5.32 Å². The molecule has 0 amide bonds. The average molecular weight is 294 g/mol. The zero-order valence-corrected chi connectivity index (χ0v) is 11.8. The van der Waals surface area contributed by atoms with Crippen molar-refractivity contribution in [2.75, 3.05) is 7.05 Å². The van der Waals surface area contributed by atoms with Gasteiger partial charge in [-0.1, -0.05) is 22.0 Å². The van der Waals surface area contributed by atoms with E-state index in [1.165, 1.54) is 11.1 Å². The molecule has 0 radical (unpaired) electrons. The molecule has 0 aliphatic heterocycles. The smallest absolute Gasteiger partial charge is 0.125 e. The number of nitrogens with one attached hydrogen (secondary N) is 1. The monoisotopic (exact) mass is 293 g/mol. The van der Waals surface area contributed by atoms with Crippen molar-refractivity contribution >= 4 is 15.9 Å². The van der Waals surface area contributed by atoms with E-state index in [0.717, 1.165) is 16.0 Å². The lowest BCUT2D eigenvalue weighted by Gasteiger charge is -2.17. The van der Waals surface area contributed by atoms with Crippen molar-refractivity contribution in [2.45, 2.75) is 19.9 Å². The molecule has 1 aromatic heterocycles.